The van der Waals surface area contributed by atoms with Gasteiger partial charge in [-0.1, -0.05) is 13.0 Å². The lowest BCUT2D eigenvalue weighted by Gasteiger charge is -2.21. The summed E-state index contributed by atoms with van der Waals surface area (Å²) in [5.41, 5.74) is 0.484. The van der Waals surface area contributed by atoms with Crippen molar-refractivity contribution in [3.8, 4) is 5.75 Å². The number of hydrogen-bond donors (Lipinski definition) is 1. The normalized spacial score (nSPS) is 13.9. The van der Waals surface area contributed by atoms with E-state index in [0.29, 0.717) is 12.0 Å². The van der Waals surface area contributed by atoms with E-state index in [1.165, 1.54) is 25.3 Å². The van der Waals surface area contributed by atoms with Crippen LogP contribution in [0.4, 0.5) is 11.4 Å². The van der Waals surface area contributed by atoms with Gasteiger partial charge in [0.15, 0.2) is 0 Å². The van der Waals surface area contributed by atoms with Gasteiger partial charge >= 0.3 is 0 Å². The fourth-order valence-corrected chi connectivity index (χ4v) is 5.85. The zero-order valence-electron chi connectivity index (χ0n) is 15.7. The van der Waals surface area contributed by atoms with E-state index in [1.807, 2.05) is 0 Å². The number of fused-ring (bicyclic) bond motifs is 1. The van der Waals surface area contributed by atoms with E-state index in [2.05, 4.69) is 4.72 Å². The molecule has 3 rings (SSSR count). The van der Waals surface area contributed by atoms with Crippen LogP contribution in [0.3, 0.4) is 0 Å². The Bertz CT molecular complexity index is 1180. The number of benzene rings is 2. The van der Waals surface area contributed by atoms with Gasteiger partial charge in [0.1, 0.15) is 10.6 Å². The van der Waals surface area contributed by atoms with Gasteiger partial charge in [0, 0.05) is 25.2 Å². The van der Waals surface area contributed by atoms with Crippen molar-refractivity contribution in [2.75, 3.05) is 24.5 Å². The van der Waals surface area contributed by atoms with Crippen molar-refractivity contribution in [2.45, 2.75) is 23.1 Å². The number of nitrogens with zero attached hydrogens (tertiary/aromatic N) is 2. The smallest absolute Gasteiger partial charge is 0.271 e. The zero-order valence-corrected chi connectivity index (χ0v) is 17.3. The van der Waals surface area contributed by atoms with Crippen LogP contribution in [0, 0.1) is 10.1 Å². The van der Waals surface area contributed by atoms with Crippen LogP contribution in [0.1, 0.15) is 12.5 Å². The molecule has 29 heavy (non-hydrogen) atoms. The third-order valence-electron chi connectivity index (χ3n) is 4.48. The first-order chi connectivity index (χ1) is 13.6. The third-order valence-corrected chi connectivity index (χ3v) is 7.86. The van der Waals surface area contributed by atoms with Gasteiger partial charge in [-0.3, -0.25) is 14.4 Å². The number of nitro groups is 1. The lowest BCUT2D eigenvalue weighted by molar-refractivity contribution is -0.385. The SMILES string of the molecule is CCNS(=O)(=O)c1ccc2c(c1)N(S(=O)(=O)c1cc([N+](=O)[O-])ccc1OC)CC2. The minimum absolute atomic E-state index is 0.0412. The zero-order chi connectivity index (χ0) is 21.4. The standard InChI is InChI=1S/C17H19N3O7S2/c1-3-18-28(23,24)14-6-4-12-8-9-19(15(12)11-14)29(25,26)17-10-13(20(21)22)5-7-16(17)27-2/h4-7,10-11,18H,3,8-9H2,1-2H3. The summed E-state index contributed by atoms with van der Waals surface area (Å²) in [4.78, 5) is 9.98. The molecule has 0 aromatic heterocycles. The van der Waals surface area contributed by atoms with Gasteiger partial charge in [-0.15, -0.1) is 0 Å². The average molecular weight is 441 g/mol. The lowest BCUT2D eigenvalue weighted by Crippen LogP contribution is -2.30. The van der Waals surface area contributed by atoms with E-state index in [9.17, 15) is 26.9 Å². The summed E-state index contributed by atoms with van der Waals surface area (Å²) < 4.78 is 59.7. The second-order valence-electron chi connectivity index (χ2n) is 6.21. The van der Waals surface area contributed by atoms with Gasteiger partial charge in [0.25, 0.3) is 15.7 Å². The summed E-state index contributed by atoms with van der Waals surface area (Å²) >= 11 is 0. The quantitative estimate of drug-likeness (QED) is 0.510. The molecule has 1 heterocycles. The van der Waals surface area contributed by atoms with Crippen LogP contribution in [-0.4, -0.2) is 42.0 Å². The van der Waals surface area contributed by atoms with E-state index in [-0.39, 0.29) is 34.3 Å². The first-order valence-electron chi connectivity index (χ1n) is 8.59. The van der Waals surface area contributed by atoms with Crippen LogP contribution >= 0.6 is 0 Å². The number of ether oxygens (including phenoxy) is 1. The summed E-state index contributed by atoms with van der Waals surface area (Å²) in [6.45, 7) is 1.90. The van der Waals surface area contributed by atoms with Crippen molar-refractivity contribution in [1.82, 2.24) is 4.72 Å². The van der Waals surface area contributed by atoms with Crippen molar-refractivity contribution in [2.24, 2.45) is 0 Å². The topological polar surface area (TPSA) is 136 Å². The van der Waals surface area contributed by atoms with Crippen molar-refractivity contribution in [3.05, 3.63) is 52.1 Å². The Morgan fingerprint density at radius 2 is 1.90 bits per heavy atom. The lowest BCUT2D eigenvalue weighted by atomic mass is 10.2. The van der Waals surface area contributed by atoms with E-state index in [1.54, 1.807) is 13.0 Å². The Kier molecular flexibility index (Phi) is 5.52. The monoisotopic (exact) mass is 441 g/mol. The van der Waals surface area contributed by atoms with E-state index < -0.39 is 30.7 Å². The summed E-state index contributed by atoms with van der Waals surface area (Å²) in [7, 11) is -6.76. The van der Waals surface area contributed by atoms with Crippen LogP contribution in [0.15, 0.2) is 46.2 Å². The number of nitrogens with one attached hydrogen (secondary N) is 1. The first kappa shape index (κ1) is 21.0. The fraction of sp³-hybridized carbons (Fsp3) is 0.294. The molecule has 0 unspecified atom stereocenters. The molecule has 1 aliphatic rings. The Balaban J connectivity index is 2.13. The molecule has 1 N–H and O–H groups in total. The number of rotatable bonds is 7. The average Bonchev–Trinajstić information content (AvgIpc) is 3.11. The molecule has 0 fully saturated rings. The molecular weight excluding hydrogens is 422 g/mol. The molecule has 12 heteroatoms. The molecule has 0 bridgehead atoms. The van der Waals surface area contributed by atoms with Gasteiger partial charge in [-0.05, 0) is 30.2 Å². The highest BCUT2D eigenvalue weighted by Crippen LogP contribution is 2.38. The molecule has 1 aliphatic heterocycles. The number of non-ortho nitro benzene ring substituents is 1. The highest BCUT2D eigenvalue weighted by molar-refractivity contribution is 7.93. The maximum absolute atomic E-state index is 13.3. The number of hydrogen-bond acceptors (Lipinski definition) is 7. The van der Waals surface area contributed by atoms with Crippen molar-refractivity contribution in [3.63, 3.8) is 0 Å². The van der Waals surface area contributed by atoms with Crippen LogP contribution in [0.25, 0.3) is 0 Å². The molecule has 0 atom stereocenters. The molecule has 0 saturated carbocycles. The maximum Gasteiger partial charge on any atom is 0.271 e. The minimum atomic E-state index is -4.24. The molecule has 0 spiro atoms. The molecule has 2 aromatic rings. The Labute approximate surface area is 168 Å². The van der Waals surface area contributed by atoms with E-state index in [4.69, 9.17) is 4.74 Å². The molecule has 156 valence electrons. The van der Waals surface area contributed by atoms with Crippen LogP contribution in [0.2, 0.25) is 0 Å². The van der Waals surface area contributed by atoms with Crippen LogP contribution in [0.5, 0.6) is 5.75 Å². The van der Waals surface area contributed by atoms with Gasteiger partial charge in [-0.25, -0.2) is 21.6 Å². The predicted octanol–water partition coefficient (Wildman–Crippen LogP) is 1.65. The number of methoxy groups -OCH3 is 1. The van der Waals surface area contributed by atoms with Crippen molar-refractivity contribution < 1.29 is 26.5 Å². The van der Waals surface area contributed by atoms with Gasteiger partial charge in [0.2, 0.25) is 10.0 Å². The van der Waals surface area contributed by atoms with Crippen LogP contribution in [-0.2, 0) is 26.5 Å². The molecule has 0 radical (unpaired) electrons. The predicted molar refractivity (Wildman–Crippen MR) is 105 cm³/mol. The summed E-state index contributed by atoms with van der Waals surface area (Å²) in [6, 6.07) is 7.58. The number of nitro benzene ring substituents is 1. The summed E-state index contributed by atoms with van der Waals surface area (Å²) in [5.74, 6) is -0.0412. The van der Waals surface area contributed by atoms with Crippen LogP contribution < -0.4 is 13.8 Å². The summed E-state index contributed by atoms with van der Waals surface area (Å²) in [6.07, 6.45) is 0.382. The minimum Gasteiger partial charge on any atom is -0.495 e. The molecule has 10 nitrogen and oxygen atoms in total. The van der Waals surface area contributed by atoms with Gasteiger partial charge < -0.3 is 4.74 Å². The molecular formula is C17H19N3O7S2. The first-order valence-corrected chi connectivity index (χ1v) is 11.5. The molecule has 0 saturated heterocycles. The molecule has 0 aliphatic carbocycles. The number of sulfonamides is 2. The third kappa shape index (κ3) is 3.78. The maximum atomic E-state index is 13.3. The van der Waals surface area contributed by atoms with Crippen molar-refractivity contribution >= 4 is 31.4 Å². The fourth-order valence-electron chi connectivity index (χ4n) is 3.12. The Morgan fingerprint density at radius 1 is 1.17 bits per heavy atom. The van der Waals surface area contributed by atoms with E-state index in [0.717, 1.165) is 16.4 Å². The summed E-state index contributed by atoms with van der Waals surface area (Å²) in [5, 5.41) is 11.1. The highest BCUT2D eigenvalue weighted by atomic mass is 32.2. The Hall–Kier alpha value is -2.70. The molecule has 2 aromatic carbocycles. The highest BCUT2D eigenvalue weighted by Gasteiger charge is 2.35. The van der Waals surface area contributed by atoms with E-state index >= 15 is 0 Å². The molecule has 0 amide bonds. The van der Waals surface area contributed by atoms with Crippen molar-refractivity contribution in [1.29, 1.82) is 0 Å². The Morgan fingerprint density at radius 3 is 2.52 bits per heavy atom. The second-order valence-corrected chi connectivity index (χ2v) is 9.81. The second kappa shape index (κ2) is 7.61. The largest absolute Gasteiger partial charge is 0.495 e. The van der Waals surface area contributed by atoms with Gasteiger partial charge in [-0.2, -0.15) is 0 Å². The van der Waals surface area contributed by atoms with Gasteiger partial charge in [0.05, 0.1) is 22.6 Å². The number of anilines is 1.